The minimum atomic E-state index is 0.105. The van der Waals surface area contributed by atoms with Crippen LogP contribution in [0.3, 0.4) is 0 Å². The van der Waals surface area contributed by atoms with Gasteiger partial charge in [0.05, 0.1) is 5.69 Å². The molecule has 2 aliphatic rings. The number of benzene rings is 3. The van der Waals surface area contributed by atoms with Gasteiger partial charge in [0.1, 0.15) is 6.17 Å². The Bertz CT molecular complexity index is 1070. The van der Waals surface area contributed by atoms with E-state index >= 15 is 0 Å². The first kappa shape index (κ1) is 18.4. The van der Waals surface area contributed by atoms with Gasteiger partial charge in [-0.05, 0) is 62.8 Å². The third kappa shape index (κ3) is 3.15. The van der Waals surface area contributed by atoms with Crippen molar-refractivity contribution in [3.8, 4) is 0 Å². The molecule has 1 fully saturated rings. The topological polar surface area (TPSA) is 15.6 Å². The molecule has 1 aliphatic carbocycles. The molecule has 0 aromatic heterocycles. The van der Waals surface area contributed by atoms with Crippen molar-refractivity contribution >= 4 is 27.9 Å². The maximum absolute atomic E-state index is 5.32. The smallest absolute Gasteiger partial charge is 0.123 e. The molecule has 29 heavy (non-hydrogen) atoms. The van der Waals surface area contributed by atoms with Crippen molar-refractivity contribution in [2.75, 3.05) is 4.90 Å². The summed E-state index contributed by atoms with van der Waals surface area (Å²) in [5.41, 5.74) is 7.92. The van der Waals surface area contributed by atoms with Gasteiger partial charge in [-0.15, -0.1) is 0 Å². The molecule has 3 aromatic carbocycles. The molecule has 1 aliphatic heterocycles. The summed E-state index contributed by atoms with van der Waals surface area (Å²) in [5, 5.41) is 2.69. The molecule has 1 heterocycles. The van der Waals surface area contributed by atoms with Gasteiger partial charge in [-0.25, -0.2) is 0 Å². The third-order valence-electron chi connectivity index (χ3n) is 6.74. The highest BCUT2D eigenvalue weighted by Crippen LogP contribution is 2.44. The summed E-state index contributed by atoms with van der Waals surface area (Å²) in [6.07, 6.45) is 6.71. The molecule has 2 nitrogen and oxygen atoms in total. The van der Waals surface area contributed by atoms with Crippen LogP contribution in [0.1, 0.15) is 55.7 Å². The Hall–Kier alpha value is -2.61. The summed E-state index contributed by atoms with van der Waals surface area (Å²) < 4.78 is 0. The Morgan fingerprint density at radius 2 is 1.55 bits per heavy atom. The Balaban J connectivity index is 1.76. The standard InChI is InChI=1S/C27H30N2/c1-18-13-15-22(16-14-18)29-20(3)28-26(21-9-5-4-6-10-21)25-17-19(2)23-11-7-8-12-24(23)27(25)29/h7-8,11-17,20-21H,4-6,9-10H2,1-3H3. The second-order valence-corrected chi connectivity index (χ2v) is 8.82. The van der Waals surface area contributed by atoms with Gasteiger partial charge < -0.3 is 4.90 Å². The van der Waals surface area contributed by atoms with Gasteiger partial charge in [-0.1, -0.05) is 61.2 Å². The van der Waals surface area contributed by atoms with Gasteiger partial charge >= 0.3 is 0 Å². The molecular formula is C27H30N2. The molecule has 0 bridgehead atoms. The lowest BCUT2D eigenvalue weighted by Crippen LogP contribution is -2.36. The highest BCUT2D eigenvalue weighted by Gasteiger charge is 2.32. The van der Waals surface area contributed by atoms with Crippen LogP contribution in [-0.2, 0) is 0 Å². The van der Waals surface area contributed by atoms with Crippen LogP contribution >= 0.6 is 0 Å². The molecule has 0 radical (unpaired) electrons. The van der Waals surface area contributed by atoms with Crippen molar-refractivity contribution in [3.63, 3.8) is 0 Å². The number of aliphatic imine (C=N–C) groups is 1. The van der Waals surface area contributed by atoms with Crippen molar-refractivity contribution < 1.29 is 0 Å². The first-order valence-electron chi connectivity index (χ1n) is 11.1. The van der Waals surface area contributed by atoms with Crippen molar-refractivity contribution in [1.29, 1.82) is 0 Å². The molecule has 1 unspecified atom stereocenters. The van der Waals surface area contributed by atoms with E-state index in [9.17, 15) is 0 Å². The number of aryl methyl sites for hydroxylation is 2. The fourth-order valence-electron chi connectivity index (χ4n) is 5.26. The zero-order valence-electron chi connectivity index (χ0n) is 17.8. The molecule has 148 valence electrons. The Kier molecular flexibility index (Phi) is 4.66. The quantitative estimate of drug-likeness (QED) is 0.453. The first-order valence-corrected chi connectivity index (χ1v) is 11.1. The van der Waals surface area contributed by atoms with Crippen LogP contribution in [0.4, 0.5) is 11.4 Å². The minimum Gasteiger partial charge on any atom is -0.318 e. The van der Waals surface area contributed by atoms with E-state index < -0.39 is 0 Å². The molecule has 0 N–H and O–H groups in total. The average molecular weight is 383 g/mol. The van der Waals surface area contributed by atoms with Crippen molar-refractivity contribution in [3.05, 3.63) is 71.3 Å². The number of hydrogen-bond donors (Lipinski definition) is 0. The fourth-order valence-corrected chi connectivity index (χ4v) is 5.26. The summed E-state index contributed by atoms with van der Waals surface area (Å²) >= 11 is 0. The normalized spacial score (nSPS) is 19.9. The molecule has 3 aromatic rings. The maximum Gasteiger partial charge on any atom is 0.123 e. The monoisotopic (exact) mass is 382 g/mol. The molecule has 1 saturated carbocycles. The number of fused-ring (bicyclic) bond motifs is 3. The fraction of sp³-hybridized carbons (Fsp3) is 0.370. The lowest BCUT2D eigenvalue weighted by molar-refractivity contribution is 0.437. The largest absolute Gasteiger partial charge is 0.318 e. The van der Waals surface area contributed by atoms with Crippen LogP contribution in [0.25, 0.3) is 10.8 Å². The summed E-state index contributed by atoms with van der Waals surface area (Å²) in [5.74, 6) is 0.602. The van der Waals surface area contributed by atoms with Crippen LogP contribution in [-0.4, -0.2) is 11.9 Å². The van der Waals surface area contributed by atoms with Crippen molar-refractivity contribution in [2.45, 2.75) is 59.0 Å². The zero-order valence-corrected chi connectivity index (χ0v) is 17.8. The molecule has 0 amide bonds. The lowest BCUT2D eigenvalue weighted by atomic mass is 9.80. The van der Waals surface area contributed by atoms with Crippen LogP contribution in [0, 0.1) is 19.8 Å². The van der Waals surface area contributed by atoms with Crippen LogP contribution < -0.4 is 4.90 Å². The van der Waals surface area contributed by atoms with E-state index in [1.807, 2.05) is 0 Å². The van der Waals surface area contributed by atoms with Gasteiger partial charge in [0.15, 0.2) is 0 Å². The van der Waals surface area contributed by atoms with Crippen LogP contribution in [0.15, 0.2) is 59.6 Å². The Morgan fingerprint density at radius 1 is 0.862 bits per heavy atom. The van der Waals surface area contributed by atoms with Gasteiger partial charge in [-0.2, -0.15) is 0 Å². The Labute approximate surface area is 174 Å². The van der Waals surface area contributed by atoms with E-state index in [1.54, 1.807) is 0 Å². The highest BCUT2D eigenvalue weighted by molar-refractivity contribution is 6.15. The number of rotatable bonds is 2. The molecule has 2 heteroatoms. The first-order chi connectivity index (χ1) is 14.1. The number of anilines is 2. The zero-order chi connectivity index (χ0) is 20.0. The predicted molar refractivity (Wildman–Crippen MR) is 125 cm³/mol. The second-order valence-electron chi connectivity index (χ2n) is 8.82. The second kappa shape index (κ2) is 7.33. The molecule has 5 rings (SSSR count). The number of nitrogens with zero attached hydrogens (tertiary/aromatic N) is 2. The van der Waals surface area contributed by atoms with Gasteiger partial charge in [0.25, 0.3) is 0 Å². The van der Waals surface area contributed by atoms with Crippen LogP contribution in [0.5, 0.6) is 0 Å². The molecule has 1 atom stereocenters. The van der Waals surface area contributed by atoms with E-state index in [1.165, 1.54) is 76.7 Å². The summed E-state index contributed by atoms with van der Waals surface area (Å²) in [7, 11) is 0. The lowest BCUT2D eigenvalue weighted by Gasteiger charge is -2.39. The van der Waals surface area contributed by atoms with E-state index in [0.29, 0.717) is 5.92 Å². The third-order valence-corrected chi connectivity index (χ3v) is 6.74. The van der Waals surface area contributed by atoms with Gasteiger partial charge in [-0.3, -0.25) is 4.99 Å². The van der Waals surface area contributed by atoms with E-state index in [4.69, 9.17) is 4.99 Å². The maximum atomic E-state index is 5.32. The average Bonchev–Trinajstić information content (AvgIpc) is 2.75. The van der Waals surface area contributed by atoms with E-state index in [2.05, 4.69) is 80.3 Å². The van der Waals surface area contributed by atoms with E-state index in [-0.39, 0.29) is 6.17 Å². The van der Waals surface area contributed by atoms with Crippen LogP contribution in [0.2, 0.25) is 0 Å². The minimum absolute atomic E-state index is 0.105. The SMILES string of the molecule is Cc1ccc(N2c3c(cc(C)c4ccccc34)C(C3CCCCC3)=NC2C)cc1. The molecule has 0 saturated heterocycles. The molecular weight excluding hydrogens is 352 g/mol. The van der Waals surface area contributed by atoms with Crippen molar-refractivity contribution in [2.24, 2.45) is 10.9 Å². The van der Waals surface area contributed by atoms with Gasteiger partial charge in [0, 0.05) is 28.3 Å². The number of hydrogen-bond acceptors (Lipinski definition) is 2. The predicted octanol–water partition coefficient (Wildman–Crippen LogP) is 7.32. The van der Waals surface area contributed by atoms with Crippen molar-refractivity contribution in [1.82, 2.24) is 0 Å². The van der Waals surface area contributed by atoms with E-state index in [0.717, 1.165) is 0 Å². The Morgan fingerprint density at radius 3 is 2.28 bits per heavy atom. The summed E-state index contributed by atoms with van der Waals surface area (Å²) in [6, 6.07) is 20.2. The molecule has 0 spiro atoms. The van der Waals surface area contributed by atoms with Gasteiger partial charge in [0.2, 0.25) is 0 Å². The summed E-state index contributed by atoms with van der Waals surface area (Å²) in [4.78, 5) is 7.77. The highest BCUT2D eigenvalue weighted by atomic mass is 15.3. The summed E-state index contributed by atoms with van der Waals surface area (Å²) in [6.45, 7) is 6.64.